The number of aromatic nitrogens is 2. The zero-order chi connectivity index (χ0) is 16.5. The maximum Gasteiger partial charge on any atom is 0.141 e. The highest BCUT2D eigenvalue weighted by atomic mass is 16.5. The summed E-state index contributed by atoms with van der Waals surface area (Å²) in [7, 11) is 1.72. The highest BCUT2D eigenvalue weighted by Crippen LogP contribution is 2.29. The van der Waals surface area contributed by atoms with Gasteiger partial charge in [-0.2, -0.15) is 0 Å². The fourth-order valence-electron chi connectivity index (χ4n) is 3.20. The molecule has 0 aliphatic carbocycles. The second-order valence-corrected chi connectivity index (χ2v) is 6.04. The van der Waals surface area contributed by atoms with Gasteiger partial charge in [0.05, 0.1) is 18.3 Å². The third kappa shape index (κ3) is 2.52. The van der Waals surface area contributed by atoms with Crippen LogP contribution in [0.1, 0.15) is 23.7 Å². The third-order valence-corrected chi connectivity index (χ3v) is 4.49. The topological polar surface area (TPSA) is 26.5 Å². The van der Waals surface area contributed by atoms with E-state index in [-0.39, 0.29) is 0 Å². The molecule has 4 rings (SSSR count). The number of hydrogen-bond acceptors (Lipinski definition) is 2. The first-order valence-electron chi connectivity index (χ1n) is 8.30. The number of hydrogen-bond donors (Lipinski definition) is 0. The van der Waals surface area contributed by atoms with Crippen LogP contribution in [-0.2, 0) is 12.8 Å². The van der Waals surface area contributed by atoms with Crippen LogP contribution >= 0.6 is 0 Å². The van der Waals surface area contributed by atoms with E-state index in [0.29, 0.717) is 0 Å². The number of fused-ring (bicyclic) bond motifs is 3. The molecule has 0 amide bonds. The van der Waals surface area contributed by atoms with Crippen LogP contribution < -0.4 is 4.74 Å². The van der Waals surface area contributed by atoms with Crippen LogP contribution in [0.25, 0.3) is 16.6 Å². The monoisotopic (exact) mass is 316 g/mol. The maximum atomic E-state index is 5.61. The van der Waals surface area contributed by atoms with Crippen molar-refractivity contribution in [3.63, 3.8) is 0 Å². The molecule has 0 fully saturated rings. The summed E-state index contributed by atoms with van der Waals surface area (Å²) in [5.74, 6) is 0.879. The normalized spacial score (nSPS) is 11.2. The van der Waals surface area contributed by atoms with Crippen molar-refractivity contribution in [1.82, 2.24) is 9.38 Å². The Morgan fingerprint density at radius 1 is 1.00 bits per heavy atom. The molecule has 0 bridgehead atoms. The van der Waals surface area contributed by atoms with Gasteiger partial charge in [0.15, 0.2) is 0 Å². The fourth-order valence-corrected chi connectivity index (χ4v) is 3.20. The molecule has 0 atom stereocenters. The van der Waals surface area contributed by atoms with Crippen molar-refractivity contribution in [3.05, 3.63) is 77.6 Å². The van der Waals surface area contributed by atoms with Gasteiger partial charge in [-0.1, -0.05) is 43.3 Å². The van der Waals surface area contributed by atoms with Crippen LogP contribution in [0.15, 0.2) is 60.8 Å². The molecule has 4 aromatic rings. The van der Waals surface area contributed by atoms with E-state index in [1.807, 2.05) is 12.1 Å². The minimum atomic E-state index is 0.833. The molecule has 0 saturated heterocycles. The Morgan fingerprint density at radius 3 is 2.58 bits per heavy atom. The van der Waals surface area contributed by atoms with Crippen molar-refractivity contribution < 1.29 is 4.74 Å². The van der Waals surface area contributed by atoms with E-state index in [9.17, 15) is 0 Å². The molecular formula is C21H20N2O. The van der Waals surface area contributed by atoms with Gasteiger partial charge in [0.25, 0.3) is 0 Å². The Hall–Kier alpha value is -2.81. The third-order valence-electron chi connectivity index (χ3n) is 4.49. The van der Waals surface area contributed by atoms with Crippen LogP contribution in [0.5, 0.6) is 5.75 Å². The molecule has 0 saturated carbocycles. The highest BCUT2D eigenvalue weighted by molar-refractivity contribution is 5.89. The lowest BCUT2D eigenvalue weighted by molar-refractivity contribution is 0.420. The maximum absolute atomic E-state index is 5.61. The van der Waals surface area contributed by atoms with Crippen molar-refractivity contribution in [2.75, 3.05) is 7.11 Å². The van der Waals surface area contributed by atoms with Gasteiger partial charge in [-0.3, -0.25) is 4.40 Å². The molecule has 2 aromatic carbocycles. The van der Waals surface area contributed by atoms with Crippen LogP contribution in [0.4, 0.5) is 0 Å². The molecular weight excluding hydrogens is 296 g/mol. The van der Waals surface area contributed by atoms with Gasteiger partial charge < -0.3 is 4.74 Å². The lowest BCUT2D eigenvalue weighted by Crippen LogP contribution is -1.93. The van der Waals surface area contributed by atoms with Crippen LogP contribution in [0.3, 0.4) is 0 Å². The number of aryl methyl sites for hydroxylation is 1. The summed E-state index contributed by atoms with van der Waals surface area (Å²) in [4.78, 5) is 4.79. The van der Waals surface area contributed by atoms with Crippen molar-refractivity contribution in [1.29, 1.82) is 0 Å². The number of nitrogens with zero attached hydrogens (tertiary/aromatic N) is 2. The first-order valence-corrected chi connectivity index (χ1v) is 8.30. The molecule has 2 heterocycles. The predicted octanol–water partition coefficient (Wildman–Crippen LogP) is 4.65. The molecule has 120 valence electrons. The van der Waals surface area contributed by atoms with Crippen molar-refractivity contribution in [2.45, 2.75) is 19.8 Å². The van der Waals surface area contributed by atoms with E-state index in [4.69, 9.17) is 9.72 Å². The van der Waals surface area contributed by atoms with Gasteiger partial charge in [-0.15, -0.1) is 0 Å². The number of ether oxygens (including phenoxy) is 1. The molecule has 3 nitrogen and oxygen atoms in total. The second kappa shape index (κ2) is 6.00. The SMILES string of the molecule is CCc1ccc2c(c1)c(OC)cc1nc(Cc3ccccc3)cn12. The molecule has 0 aliphatic rings. The average Bonchev–Trinajstić information content (AvgIpc) is 3.03. The van der Waals surface area contributed by atoms with E-state index >= 15 is 0 Å². The van der Waals surface area contributed by atoms with Gasteiger partial charge in [-0.05, 0) is 29.7 Å². The lowest BCUT2D eigenvalue weighted by atomic mass is 10.1. The minimum absolute atomic E-state index is 0.833. The van der Waals surface area contributed by atoms with Gasteiger partial charge >= 0.3 is 0 Å². The number of imidazole rings is 1. The summed E-state index contributed by atoms with van der Waals surface area (Å²) >= 11 is 0. The first-order chi connectivity index (χ1) is 11.8. The van der Waals surface area contributed by atoms with Gasteiger partial charge in [-0.25, -0.2) is 4.98 Å². The Labute approximate surface area is 141 Å². The molecule has 0 N–H and O–H groups in total. The van der Waals surface area contributed by atoms with E-state index in [2.05, 4.69) is 60.0 Å². The van der Waals surface area contributed by atoms with E-state index in [1.54, 1.807) is 7.11 Å². The number of benzene rings is 2. The van der Waals surface area contributed by atoms with Crippen LogP contribution in [0.2, 0.25) is 0 Å². The molecule has 2 aromatic heterocycles. The lowest BCUT2D eigenvalue weighted by Gasteiger charge is -2.09. The summed E-state index contributed by atoms with van der Waals surface area (Å²) in [6.45, 7) is 2.17. The molecule has 3 heteroatoms. The number of rotatable bonds is 4. The van der Waals surface area contributed by atoms with Gasteiger partial charge in [0.1, 0.15) is 11.4 Å². The number of methoxy groups -OCH3 is 1. The van der Waals surface area contributed by atoms with E-state index in [1.165, 1.54) is 11.1 Å². The van der Waals surface area contributed by atoms with Crippen molar-refractivity contribution in [3.8, 4) is 5.75 Å². The summed E-state index contributed by atoms with van der Waals surface area (Å²) in [5, 5.41) is 1.13. The Balaban J connectivity index is 1.88. The fraction of sp³-hybridized carbons (Fsp3) is 0.190. The van der Waals surface area contributed by atoms with Gasteiger partial charge in [0, 0.05) is 24.1 Å². The summed E-state index contributed by atoms with van der Waals surface area (Å²) in [6, 6.07) is 19.0. The van der Waals surface area contributed by atoms with Gasteiger partial charge in [0.2, 0.25) is 0 Å². The molecule has 0 unspecified atom stereocenters. The smallest absolute Gasteiger partial charge is 0.141 e. The predicted molar refractivity (Wildman–Crippen MR) is 97.9 cm³/mol. The molecule has 0 spiro atoms. The van der Waals surface area contributed by atoms with Crippen molar-refractivity contribution in [2.24, 2.45) is 0 Å². The summed E-state index contributed by atoms with van der Waals surface area (Å²) in [6.07, 6.45) is 3.98. The molecule has 0 radical (unpaired) electrons. The Morgan fingerprint density at radius 2 is 1.83 bits per heavy atom. The summed E-state index contributed by atoms with van der Waals surface area (Å²) in [5.41, 5.74) is 5.70. The van der Waals surface area contributed by atoms with Crippen molar-refractivity contribution >= 4 is 16.6 Å². The van der Waals surface area contributed by atoms with E-state index in [0.717, 1.165) is 40.8 Å². The average molecular weight is 316 g/mol. The number of pyridine rings is 1. The molecule has 0 aliphatic heterocycles. The minimum Gasteiger partial charge on any atom is -0.496 e. The first kappa shape index (κ1) is 14.8. The standard InChI is InChI=1S/C21H20N2O/c1-3-15-9-10-19-18(12-15)20(24-2)13-21-22-17(14-23(19)21)11-16-7-5-4-6-8-16/h4-10,12-14H,3,11H2,1-2H3. The molecule has 24 heavy (non-hydrogen) atoms. The largest absolute Gasteiger partial charge is 0.496 e. The second-order valence-electron chi connectivity index (χ2n) is 6.04. The Bertz CT molecular complexity index is 1000. The van der Waals surface area contributed by atoms with Crippen LogP contribution in [0, 0.1) is 0 Å². The quantitative estimate of drug-likeness (QED) is 0.548. The van der Waals surface area contributed by atoms with Crippen LogP contribution in [-0.4, -0.2) is 16.5 Å². The summed E-state index contributed by atoms with van der Waals surface area (Å²) < 4.78 is 7.77. The highest BCUT2D eigenvalue weighted by Gasteiger charge is 2.11. The van der Waals surface area contributed by atoms with E-state index < -0.39 is 0 Å². The Kier molecular flexibility index (Phi) is 3.69. The zero-order valence-electron chi connectivity index (χ0n) is 14.0. The zero-order valence-corrected chi connectivity index (χ0v) is 14.0.